The summed E-state index contributed by atoms with van der Waals surface area (Å²) in [6.45, 7) is 2.64. The van der Waals surface area contributed by atoms with Gasteiger partial charge < -0.3 is 15.3 Å². The maximum absolute atomic E-state index is 14.9. The molecule has 11 nitrogen and oxygen atoms in total. The molecule has 1 atom stereocenters. The fourth-order valence-corrected chi connectivity index (χ4v) is 6.05. The molecule has 0 aliphatic carbocycles. The highest BCUT2D eigenvalue weighted by atomic mass is 79.9. The van der Waals surface area contributed by atoms with E-state index in [9.17, 15) is 41.0 Å². The van der Waals surface area contributed by atoms with Crippen LogP contribution in [0.1, 0.15) is 67.2 Å². The third kappa shape index (κ3) is 7.79. The summed E-state index contributed by atoms with van der Waals surface area (Å²) in [5.74, 6) is -2.33. The fraction of sp³-hybridized carbons (Fsp3) is 0.419. The van der Waals surface area contributed by atoms with Crippen molar-refractivity contribution in [1.29, 1.82) is 0 Å². The third-order valence-corrected chi connectivity index (χ3v) is 8.56. The van der Waals surface area contributed by atoms with Gasteiger partial charge in [-0.1, -0.05) is 15.9 Å². The first-order valence-electron chi connectivity index (χ1n) is 14.9. The number of carbonyl (C=O) groups is 2. The van der Waals surface area contributed by atoms with Crippen molar-refractivity contribution in [2.75, 3.05) is 6.54 Å². The second kappa shape index (κ2) is 13.2. The number of nitrogens with zero attached hydrogens (tertiary/aromatic N) is 7. The molecule has 262 valence electrons. The summed E-state index contributed by atoms with van der Waals surface area (Å²) < 4.78 is 84.8. The van der Waals surface area contributed by atoms with Gasteiger partial charge in [0.05, 0.1) is 29.5 Å². The van der Waals surface area contributed by atoms with E-state index in [4.69, 9.17) is 0 Å². The lowest BCUT2D eigenvalue weighted by molar-refractivity contribution is -0.141. The summed E-state index contributed by atoms with van der Waals surface area (Å²) >= 11 is 3.32. The maximum Gasteiger partial charge on any atom is 0.435 e. The Morgan fingerprint density at radius 3 is 2.37 bits per heavy atom. The van der Waals surface area contributed by atoms with Crippen LogP contribution >= 0.6 is 15.9 Å². The number of rotatable bonds is 10. The molecule has 3 aromatic heterocycles. The predicted molar refractivity (Wildman–Crippen MR) is 166 cm³/mol. The van der Waals surface area contributed by atoms with Crippen LogP contribution in [0.15, 0.2) is 47.5 Å². The molecule has 1 aliphatic heterocycles. The molecule has 1 aliphatic rings. The summed E-state index contributed by atoms with van der Waals surface area (Å²) in [5.41, 5.74) is -3.46. The van der Waals surface area contributed by atoms with Crippen molar-refractivity contribution in [3.63, 3.8) is 0 Å². The van der Waals surface area contributed by atoms with Crippen LogP contribution in [0, 0.1) is 5.82 Å². The molecule has 18 heteroatoms. The van der Waals surface area contributed by atoms with Gasteiger partial charge in [-0.15, -0.1) is 0 Å². The van der Waals surface area contributed by atoms with Gasteiger partial charge in [-0.2, -0.15) is 32.1 Å². The van der Waals surface area contributed by atoms with E-state index < -0.39 is 53.2 Å². The van der Waals surface area contributed by atoms with Crippen LogP contribution in [0.5, 0.6) is 0 Å². The number of carbonyl (C=O) groups excluding carboxylic acids is 2. The first-order valence-corrected chi connectivity index (χ1v) is 15.7. The Morgan fingerprint density at radius 1 is 1.10 bits per heavy atom. The number of fused-ring (bicyclic) bond motifs is 1. The molecule has 0 fully saturated rings. The monoisotopic (exact) mass is 756 g/mol. The van der Waals surface area contributed by atoms with E-state index in [2.05, 4.69) is 41.4 Å². The highest BCUT2D eigenvalue weighted by Crippen LogP contribution is 2.33. The average molecular weight is 758 g/mol. The second-order valence-electron chi connectivity index (χ2n) is 12.8. The van der Waals surface area contributed by atoms with Crippen LogP contribution in [-0.2, 0) is 36.0 Å². The summed E-state index contributed by atoms with van der Waals surface area (Å²) in [7, 11) is 0. The maximum atomic E-state index is 14.9. The Hall–Kier alpha value is -4.32. The Labute approximate surface area is 284 Å². The number of halogens is 7. The number of benzene rings is 1. The molecule has 0 spiro atoms. The van der Waals surface area contributed by atoms with Crippen molar-refractivity contribution in [3.05, 3.63) is 81.5 Å². The van der Waals surface area contributed by atoms with Gasteiger partial charge in [0.15, 0.2) is 11.5 Å². The highest BCUT2D eigenvalue weighted by molar-refractivity contribution is 9.10. The standard InChI is InChI=1S/C31H31BrF6N8O3/c1-29(2,15-46-21(10-23(43-46)31(36,37)38)17-12-39-27(40-13-17)30(3,4)49)42-25(47)22(9-16-11-41-45(14-16)28(34)35)44-8-7-18-19(32)5-6-20(33)24(18)26(44)48/h5-6,10-14,22,28,49H,7-9,15H2,1-4H3,(H,42,47)/t22-/m1/s1. The number of hydrogen-bond donors (Lipinski definition) is 2. The van der Waals surface area contributed by atoms with E-state index in [-0.39, 0.29) is 54.1 Å². The first-order chi connectivity index (χ1) is 22.7. The van der Waals surface area contributed by atoms with Crippen LogP contribution in [0.2, 0.25) is 0 Å². The van der Waals surface area contributed by atoms with Crippen LogP contribution in [0.4, 0.5) is 26.3 Å². The number of amides is 2. The molecule has 2 amide bonds. The zero-order valence-corrected chi connectivity index (χ0v) is 28.2. The molecular weight excluding hydrogens is 726 g/mol. The molecule has 2 N–H and O–H groups in total. The topological polar surface area (TPSA) is 131 Å². The molecule has 1 aromatic carbocycles. The van der Waals surface area contributed by atoms with Crippen molar-refractivity contribution in [3.8, 4) is 11.3 Å². The SMILES string of the molecule is CC(C)(Cn1nc(C(F)(F)F)cc1-c1cnc(C(C)(C)O)nc1)NC(=O)[C@@H](Cc1cnn(C(F)F)c1)N1CCc2c(Br)ccc(F)c2C1=O. The van der Waals surface area contributed by atoms with Gasteiger partial charge in [0.2, 0.25) is 5.91 Å². The summed E-state index contributed by atoms with van der Waals surface area (Å²) in [5, 5.41) is 20.3. The summed E-state index contributed by atoms with van der Waals surface area (Å²) in [4.78, 5) is 37.0. The lowest BCUT2D eigenvalue weighted by Crippen LogP contribution is -2.58. The van der Waals surface area contributed by atoms with E-state index in [1.165, 1.54) is 46.2 Å². The molecule has 4 aromatic rings. The zero-order chi connectivity index (χ0) is 36.1. The number of alkyl halides is 5. The van der Waals surface area contributed by atoms with Gasteiger partial charge in [-0.25, -0.2) is 19.0 Å². The number of nitrogens with one attached hydrogen (secondary N) is 1. The number of hydrogen-bond acceptors (Lipinski definition) is 7. The molecule has 0 unspecified atom stereocenters. The van der Waals surface area contributed by atoms with Crippen molar-refractivity contribution in [1.82, 2.24) is 39.7 Å². The Kier molecular flexibility index (Phi) is 9.68. The van der Waals surface area contributed by atoms with E-state index in [0.717, 1.165) is 34.1 Å². The number of aromatic nitrogens is 6. The molecule has 5 rings (SSSR count). The van der Waals surface area contributed by atoms with Crippen LogP contribution in [0.3, 0.4) is 0 Å². The van der Waals surface area contributed by atoms with Gasteiger partial charge in [0.25, 0.3) is 5.91 Å². The van der Waals surface area contributed by atoms with Crippen molar-refractivity contribution in [2.45, 2.75) is 77.0 Å². The van der Waals surface area contributed by atoms with Gasteiger partial charge in [-0.05, 0) is 63.4 Å². The summed E-state index contributed by atoms with van der Waals surface area (Å²) in [6.07, 6.45) is -0.286. The molecule has 0 bridgehead atoms. The van der Waals surface area contributed by atoms with Gasteiger partial charge in [0, 0.05) is 41.6 Å². The summed E-state index contributed by atoms with van der Waals surface area (Å²) in [6, 6.07) is 2.03. The van der Waals surface area contributed by atoms with E-state index in [1.54, 1.807) is 0 Å². The molecule has 0 radical (unpaired) electrons. The predicted octanol–water partition coefficient (Wildman–Crippen LogP) is 5.28. The normalized spacial score (nSPS) is 14.7. The van der Waals surface area contributed by atoms with Crippen molar-refractivity contribution >= 4 is 27.7 Å². The lowest BCUT2D eigenvalue weighted by Gasteiger charge is -2.37. The average Bonchev–Trinajstić information content (AvgIpc) is 3.65. The minimum absolute atomic E-state index is 0.0196. The van der Waals surface area contributed by atoms with E-state index in [0.29, 0.717) is 14.7 Å². The molecule has 49 heavy (non-hydrogen) atoms. The Morgan fingerprint density at radius 2 is 1.78 bits per heavy atom. The van der Waals surface area contributed by atoms with Gasteiger partial charge >= 0.3 is 12.7 Å². The van der Waals surface area contributed by atoms with Crippen molar-refractivity contribution in [2.24, 2.45) is 0 Å². The molecule has 0 saturated heterocycles. The third-order valence-electron chi connectivity index (χ3n) is 7.82. The molecule has 4 heterocycles. The smallest absolute Gasteiger partial charge is 0.382 e. The molecular formula is C31H31BrF6N8O3. The lowest BCUT2D eigenvalue weighted by atomic mass is 9.95. The minimum atomic E-state index is -4.82. The highest BCUT2D eigenvalue weighted by Gasteiger charge is 2.40. The molecule has 0 saturated carbocycles. The van der Waals surface area contributed by atoms with Gasteiger partial charge in [-0.3, -0.25) is 14.3 Å². The number of aliphatic hydroxyl groups is 1. The van der Waals surface area contributed by atoms with Crippen molar-refractivity contribution < 1.29 is 41.0 Å². The van der Waals surface area contributed by atoms with Gasteiger partial charge in [0.1, 0.15) is 17.5 Å². The van der Waals surface area contributed by atoms with Crippen LogP contribution in [-0.4, -0.2) is 69.5 Å². The fourth-order valence-electron chi connectivity index (χ4n) is 5.52. The largest absolute Gasteiger partial charge is 0.435 e. The second-order valence-corrected chi connectivity index (χ2v) is 13.6. The van der Waals surface area contributed by atoms with Crippen LogP contribution in [0.25, 0.3) is 11.3 Å². The van der Waals surface area contributed by atoms with Crippen LogP contribution < -0.4 is 5.32 Å². The first kappa shape index (κ1) is 36.0. The minimum Gasteiger partial charge on any atom is -0.382 e. The van der Waals surface area contributed by atoms with E-state index in [1.807, 2.05) is 0 Å². The van der Waals surface area contributed by atoms with E-state index >= 15 is 0 Å². The Bertz CT molecular complexity index is 1870. The quantitative estimate of drug-likeness (QED) is 0.211. The zero-order valence-electron chi connectivity index (χ0n) is 26.6. The Balaban J connectivity index is 1.46.